The van der Waals surface area contributed by atoms with Gasteiger partial charge in [-0.1, -0.05) is 52.5 Å². The van der Waals surface area contributed by atoms with E-state index in [0.29, 0.717) is 0 Å². The highest BCUT2D eigenvalue weighted by molar-refractivity contribution is 7.80. The Labute approximate surface area is 156 Å². The second kappa shape index (κ2) is 8.78. The van der Waals surface area contributed by atoms with Crippen molar-refractivity contribution in [1.82, 2.24) is 10.6 Å². The normalized spacial score (nSPS) is 12.3. The summed E-state index contributed by atoms with van der Waals surface area (Å²) in [6.45, 7) is 5.81. The molecule has 0 bridgehead atoms. The van der Waals surface area contributed by atoms with E-state index in [1.54, 1.807) is 6.92 Å². The van der Waals surface area contributed by atoms with Crippen molar-refractivity contribution < 1.29 is 9.53 Å². The van der Waals surface area contributed by atoms with Crippen LogP contribution in [-0.2, 0) is 4.74 Å². The Kier molecular flexibility index (Phi) is 7.67. The number of rotatable bonds is 4. The van der Waals surface area contributed by atoms with Crippen LogP contribution in [0.4, 0.5) is 10.5 Å². The standard InChI is InChI=1S/C14H18Cl3N3O2S/c1-4-22-13(21)20-11(14(15,16)17)19-12(23)18-10-6-5-8(2)7-9(10)3/h5-7,11H,4H2,1-3H3,(H,20,21)(H2,18,19,23)/t11-/m1/s1. The van der Waals surface area contributed by atoms with Gasteiger partial charge in [0, 0.05) is 5.69 Å². The monoisotopic (exact) mass is 397 g/mol. The Balaban J connectivity index is 2.75. The molecule has 0 heterocycles. The minimum absolute atomic E-state index is 0.198. The molecule has 1 rings (SSSR count). The van der Waals surface area contributed by atoms with E-state index in [1.807, 2.05) is 32.0 Å². The number of amides is 1. The van der Waals surface area contributed by atoms with Crippen molar-refractivity contribution in [3.63, 3.8) is 0 Å². The third-order valence-corrected chi connectivity index (χ3v) is 3.65. The molecule has 0 saturated heterocycles. The fourth-order valence-corrected chi connectivity index (χ4v) is 2.29. The molecule has 0 aromatic heterocycles. The Morgan fingerprint density at radius 1 is 1.30 bits per heavy atom. The molecule has 0 aliphatic heterocycles. The van der Waals surface area contributed by atoms with Crippen LogP contribution in [0.15, 0.2) is 18.2 Å². The molecule has 23 heavy (non-hydrogen) atoms. The fraction of sp³-hybridized carbons (Fsp3) is 0.429. The number of thiocarbonyl (C=S) groups is 1. The van der Waals surface area contributed by atoms with Gasteiger partial charge in [0.05, 0.1) is 6.61 Å². The van der Waals surface area contributed by atoms with E-state index >= 15 is 0 Å². The lowest BCUT2D eigenvalue weighted by atomic mass is 10.1. The lowest BCUT2D eigenvalue weighted by molar-refractivity contribution is 0.147. The first-order valence-electron chi connectivity index (χ1n) is 6.78. The van der Waals surface area contributed by atoms with E-state index in [0.717, 1.165) is 16.8 Å². The van der Waals surface area contributed by atoms with Crippen molar-refractivity contribution >= 4 is 63.9 Å². The summed E-state index contributed by atoms with van der Waals surface area (Å²) in [5.41, 5.74) is 2.96. The Bertz CT molecular complexity index is 579. The van der Waals surface area contributed by atoms with Crippen molar-refractivity contribution in [3.05, 3.63) is 29.3 Å². The number of anilines is 1. The maximum Gasteiger partial charge on any atom is 0.408 e. The maximum atomic E-state index is 11.5. The van der Waals surface area contributed by atoms with Crippen LogP contribution in [0, 0.1) is 13.8 Å². The molecule has 0 saturated carbocycles. The van der Waals surface area contributed by atoms with Crippen LogP contribution in [-0.4, -0.2) is 27.8 Å². The highest BCUT2D eigenvalue weighted by Crippen LogP contribution is 2.29. The van der Waals surface area contributed by atoms with Gasteiger partial charge in [-0.3, -0.25) is 5.32 Å². The first kappa shape index (κ1) is 20.1. The Morgan fingerprint density at radius 3 is 2.48 bits per heavy atom. The molecule has 0 unspecified atom stereocenters. The number of nitrogens with one attached hydrogen (secondary N) is 3. The maximum absolute atomic E-state index is 11.5. The largest absolute Gasteiger partial charge is 0.450 e. The zero-order valence-electron chi connectivity index (χ0n) is 12.9. The van der Waals surface area contributed by atoms with Crippen LogP contribution in [0.25, 0.3) is 0 Å². The van der Waals surface area contributed by atoms with Gasteiger partial charge < -0.3 is 15.4 Å². The number of hydrogen-bond acceptors (Lipinski definition) is 3. The number of ether oxygens (including phenoxy) is 1. The predicted molar refractivity (Wildman–Crippen MR) is 99.5 cm³/mol. The van der Waals surface area contributed by atoms with Gasteiger partial charge in [-0.05, 0) is 44.6 Å². The summed E-state index contributed by atoms with van der Waals surface area (Å²) in [6.07, 6.45) is -1.78. The summed E-state index contributed by atoms with van der Waals surface area (Å²) >= 11 is 22.8. The van der Waals surface area contributed by atoms with E-state index in [-0.39, 0.29) is 11.7 Å². The number of benzene rings is 1. The third kappa shape index (κ3) is 6.99. The van der Waals surface area contributed by atoms with Gasteiger partial charge in [0.15, 0.2) is 11.3 Å². The molecule has 0 aliphatic carbocycles. The summed E-state index contributed by atoms with van der Waals surface area (Å²) < 4.78 is 2.95. The number of halogens is 3. The molecule has 1 aromatic rings. The molecular formula is C14H18Cl3N3O2S. The molecule has 3 N–H and O–H groups in total. The van der Waals surface area contributed by atoms with Crippen LogP contribution in [0.2, 0.25) is 0 Å². The summed E-state index contributed by atoms with van der Waals surface area (Å²) in [5.74, 6) is 0. The molecule has 5 nitrogen and oxygen atoms in total. The first-order chi connectivity index (χ1) is 10.6. The first-order valence-corrected chi connectivity index (χ1v) is 8.32. The summed E-state index contributed by atoms with van der Waals surface area (Å²) in [6, 6.07) is 5.84. The van der Waals surface area contributed by atoms with Gasteiger partial charge in [0.1, 0.15) is 0 Å². The van der Waals surface area contributed by atoms with E-state index < -0.39 is 16.1 Å². The molecule has 0 aliphatic rings. The smallest absolute Gasteiger partial charge is 0.408 e. The van der Waals surface area contributed by atoms with E-state index in [4.69, 9.17) is 51.8 Å². The van der Waals surface area contributed by atoms with Crippen molar-refractivity contribution in [3.8, 4) is 0 Å². The van der Waals surface area contributed by atoms with Crippen LogP contribution in [0.3, 0.4) is 0 Å². The van der Waals surface area contributed by atoms with Crippen LogP contribution >= 0.6 is 47.0 Å². The molecule has 9 heteroatoms. The van der Waals surface area contributed by atoms with Crippen molar-refractivity contribution in [1.29, 1.82) is 0 Å². The van der Waals surface area contributed by atoms with Crippen molar-refractivity contribution in [2.24, 2.45) is 0 Å². The number of alkyl halides is 3. The summed E-state index contributed by atoms with van der Waals surface area (Å²) in [4.78, 5) is 11.5. The topological polar surface area (TPSA) is 62.4 Å². The quantitative estimate of drug-likeness (QED) is 0.406. The van der Waals surface area contributed by atoms with Gasteiger partial charge in [-0.15, -0.1) is 0 Å². The van der Waals surface area contributed by atoms with Gasteiger partial charge in [0.25, 0.3) is 0 Å². The Hall–Kier alpha value is -0.950. The molecule has 1 aromatic carbocycles. The number of alkyl carbamates (subject to hydrolysis) is 1. The minimum atomic E-state index is -1.82. The van der Waals surface area contributed by atoms with Crippen LogP contribution in [0.5, 0.6) is 0 Å². The van der Waals surface area contributed by atoms with Crippen molar-refractivity contribution in [2.45, 2.75) is 30.7 Å². The number of carbonyl (C=O) groups is 1. The number of hydrogen-bond donors (Lipinski definition) is 3. The average molecular weight is 399 g/mol. The number of carbonyl (C=O) groups excluding carboxylic acids is 1. The van der Waals surface area contributed by atoms with Gasteiger partial charge in [-0.25, -0.2) is 4.79 Å². The summed E-state index contributed by atoms with van der Waals surface area (Å²) in [7, 11) is 0. The molecule has 0 fully saturated rings. The van der Waals surface area contributed by atoms with E-state index in [9.17, 15) is 4.79 Å². The molecule has 0 spiro atoms. The third-order valence-electron chi connectivity index (χ3n) is 2.77. The highest BCUT2D eigenvalue weighted by Gasteiger charge is 2.35. The lowest BCUT2D eigenvalue weighted by Crippen LogP contribution is -2.56. The highest BCUT2D eigenvalue weighted by atomic mass is 35.6. The Morgan fingerprint density at radius 2 is 1.96 bits per heavy atom. The molecule has 1 amide bonds. The SMILES string of the molecule is CCOC(=O)N[C@@H](NC(=S)Nc1ccc(C)cc1C)C(Cl)(Cl)Cl. The molecule has 0 radical (unpaired) electrons. The number of aryl methyl sites for hydroxylation is 2. The predicted octanol–water partition coefficient (Wildman–Crippen LogP) is 4.03. The van der Waals surface area contributed by atoms with Crippen molar-refractivity contribution in [2.75, 3.05) is 11.9 Å². The molecule has 128 valence electrons. The zero-order chi connectivity index (χ0) is 17.6. The van der Waals surface area contributed by atoms with Gasteiger partial charge >= 0.3 is 6.09 Å². The molecular weight excluding hydrogens is 381 g/mol. The van der Waals surface area contributed by atoms with E-state index in [1.165, 1.54) is 0 Å². The summed E-state index contributed by atoms with van der Waals surface area (Å²) in [5, 5.41) is 8.35. The zero-order valence-corrected chi connectivity index (χ0v) is 16.0. The van der Waals surface area contributed by atoms with E-state index in [2.05, 4.69) is 16.0 Å². The van der Waals surface area contributed by atoms with Crippen LogP contribution < -0.4 is 16.0 Å². The lowest BCUT2D eigenvalue weighted by Gasteiger charge is -2.27. The second-order valence-electron chi connectivity index (χ2n) is 4.76. The minimum Gasteiger partial charge on any atom is -0.450 e. The average Bonchev–Trinajstić information content (AvgIpc) is 2.40. The molecule has 1 atom stereocenters. The van der Waals surface area contributed by atoms with Crippen LogP contribution in [0.1, 0.15) is 18.1 Å². The van der Waals surface area contributed by atoms with Gasteiger partial charge in [-0.2, -0.15) is 0 Å². The van der Waals surface area contributed by atoms with Gasteiger partial charge in [0.2, 0.25) is 3.79 Å². The second-order valence-corrected chi connectivity index (χ2v) is 7.53. The fourth-order valence-electron chi connectivity index (χ4n) is 1.73.